The molecule has 0 fully saturated rings. The van der Waals surface area contributed by atoms with Crippen LogP contribution in [0.15, 0.2) is 61.1 Å². The van der Waals surface area contributed by atoms with E-state index in [1.54, 1.807) is 10.9 Å². The molecule has 0 radical (unpaired) electrons. The molecule has 3 rings (SSSR count). The van der Waals surface area contributed by atoms with Crippen LogP contribution < -0.4 is 5.32 Å². The molecule has 3 aromatic rings. The van der Waals surface area contributed by atoms with Gasteiger partial charge in [0.05, 0.1) is 11.9 Å². The van der Waals surface area contributed by atoms with E-state index < -0.39 is 0 Å². The summed E-state index contributed by atoms with van der Waals surface area (Å²) in [6.45, 7) is 2.68. The number of amides is 1. The zero-order chi connectivity index (χ0) is 15.4. The van der Waals surface area contributed by atoms with Gasteiger partial charge in [0, 0.05) is 18.9 Å². The molecule has 2 heterocycles. The van der Waals surface area contributed by atoms with E-state index in [1.807, 2.05) is 66.3 Å². The van der Waals surface area contributed by atoms with Crippen LogP contribution in [0.25, 0.3) is 11.5 Å². The molecule has 0 aliphatic carbocycles. The predicted molar refractivity (Wildman–Crippen MR) is 85.5 cm³/mol. The van der Waals surface area contributed by atoms with Crippen molar-refractivity contribution in [3.63, 3.8) is 0 Å². The van der Waals surface area contributed by atoms with Gasteiger partial charge < -0.3 is 9.88 Å². The second-order valence-corrected chi connectivity index (χ2v) is 4.98. The fourth-order valence-corrected chi connectivity index (χ4v) is 2.32. The molecule has 112 valence electrons. The monoisotopic (exact) mass is 294 g/mol. The Kier molecular flexibility index (Phi) is 4.05. The van der Waals surface area contributed by atoms with Gasteiger partial charge >= 0.3 is 0 Å². The average molecular weight is 294 g/mol. The van der Waals surface area contributed by atoms with E-state index in [0.29, 0.717) is 12.1 Å². The van der Waals surface area contributed by atoms with Gasteiger partial charge in [-0.3, -0.25) is 4.79 Å². The summed E-state index contributed by atoms with van der Waals surface area (Å²) in [5, 5.41) is 7.32. The number of carbonyl (C=O) groups excluding carboxylic acids is 1. The van der Waals surface area contributed by atoms with Crippen molar-refractivity contribution in [2.24, 2.45) is 0 Å². The number of hydrogen-bond donors (Lipinski definition) is 1. The van der Waals surface area contributed by atoms with Gasteiger partial charge in [-0.25, -0.2) is 4.68 Å². The zero-order valence-electron chi connectivity index (χ0n) is 12.4. The number of benzene rings is 1. The second-order valence-electron chi connectivity index (χ2n) is 4.98. The van der Waals surface area contributed by atoms with Crippen molar-refractivity contribution in [3.8, 4) is 11.5 Å². The summed E-state index contributed by atoms with van der Waals surface area (Å²) < 4.78 is 3.68. The maximum Gasteiger partial charge on any atom is 0.256 e. The minimum atomic E-state index is -0.104. The van der Waals surface area contributed by atoms with Crippen LogP contribution in [0.2, 0.25) is 0 Å². The van der Waals surface area contributed by atoms with Crippen molar-refractivity contribution >= 4 is 5.91 Å². The highest BCUT2D eigenvalue weighted by Crippen LogP contribution is 2.19. The molecular weight excluding hydrogens is 276 g/mol. The smallest absolute Gasteiger partial charge is 0.256 e. The van der Waals surface area contributed by atoms with Crippen LogP contribution in [0.5, 0.6) is 0 Å². The Balaban J connectivity index is 2.09. The van der Waals surface area contributed by atoms with E-state index in [-0.39, 0.29) is 5.91 Å². The molecular formula is C17H18N4O. The van der Waals surface area contributed by atoms with Crippen molar-refractivity contribution in [2.45, 2.75) is 13.3 Å². The average Bonchev–Trinajstić information content (AvgIpc) is 3.21. The summed E-state index contributed by atoms with van der Waals surface area (Å²) in [4.78, 5) is 12.4. The molecule has 1 N–H and O–H groups in total. The standard InChI is InChI=1S/C17H18N4O/c1-2-10-18-16(22)15-13-19-21(14-8-4-3-5-9-14)17(15)20-11-6-7-12-20/h3-9,11-13H,2,10H2,1H3,(H,18,22). The number of rotatable bonds is 5. The van der Waals surface area contributed by atoms with Crippen LogP contribution in [-0.4, -0.2) is 26.8 Å². The van der Waals surface area contributed by atoms with Crippen LogP contribution >= 0.6 is 0 Å². The van der Waals surface area contributed by atoms with Crippen LogP contribution in [0.1, 0.15) is 23.7 Å². The fraction of sp³-hybridized carbons (Fsp3) is 0.176. The summed E-state index contributed by atoms with van der Waals surface area (Å²) in [7, 11) is 0. The molecule has 0 atom stereocenters. The SMILES string of the molecule is CCCNC(=O)c1cnn(-c2ccccc2)c1-n1cccc1. The van der Waals surface area contributed by atoms with E-state index in [1.165, 1.54) is 0 Å². The molecule has 0 aliphatic rings. The number of carbonyl (C=O) groups is 1. The Bertz CT molecular complexity index is 744. The lowest BCUT2D eigenvalue weighted by molar-refractivity contribution is 0.0953. The maximum atomic E-state index is 12.4. The van der Waals surface area contributed by atoms with Gasteiger partial charge in [-0.15, -0.1) is 0 Å². The van der Waals surface area contributed by atoms with Gasteiger partial charge in [-0.1, -0.05) is 25.1 Å². The first-order chi connectivity index (χ1) is 10.8. The summed E-state index contributed by atoms with van der Waals surface area (Å²) in [6.07, 6.45) is 6.34. The molecule has 0 saturated carbocycles. The Morgan fingerprint density at radius 1 is 1.14 bits per heavy atom. The minimum Gasteiger partial charge on any atom is -0.352 e. The van der Waals surface area contributed by atoms with Crippen LogP contribution in [-0.2, 0) is 0 Å². The third-order valence-corrected chi connectivity index (χ3v) is 3.37. The second kappa shape index (κ2) is 6.30. The first-order valence-corrected chi connectivity index (χ1v) is 7.36. The van der Waals surface area contributed by atoms with Crippen LogP contribution in [0.3, 0.4) is 0 Å². The molecule has 5 heteroatoms. The van der Waals surface area contributed by atoms with E-state index in [9.17, 15) is 4.79 Å². The Morgan fingerprint density at radius 2 is 1.86 bits per heavy atom. The molecule has 0 saturated heterocycles. The quantitative estimate of drug-likeness (QED) is 0.786. The van der Waals surface area contributed by atoms with Gasteiger partial charge in [0.25, 0.3) is 5.91 Å². The number of hydrogen-bond acceptors (Lipinski definition) is 2. The number of nitrogens with zero attached hydrogens (tertiary/aromatic N) is 3. The first kappa shape index (κ1) is 14.1. The van der Waals surface area contributed by atoms with E-state index in [0.717, 1.165) is 17.9 Å². The highest BCUT2D eigenvalue weighted by molar-refractivity contribution is 5.97. The van der Waals surface area contributed by atoms with Gasteiger partial charge in [-0.05, 0) is 30.7 Å². The van der Waals surface area contributed by atoms with Crippen molar-refractivity contribution in [1.29, 1.82) is 0 Å². The highest BCUT2D eigenvalue weighted by Gasteiger charge is 2.19. The molecule has 0 unspecified atom stereocenters. The first-order valence-electron chi connectivity index (χ1n) is 7.36. The Morgan fingerprint density at radius 3 is 2.55 bits per heavy atom. The molecule has 5 nitrogen and oxygen atoms in total. The zero-order valence-corrected chi connectivity index (χ0v) is 12.4. The summed E-state index contributed by atoms with van der Waals surface area (Å²) in [5.41, 5.74) is 1.48. The minimum absolute atomic E-state index is 0.104. The lowest BCUT2D eigenvalue weighted by atomic mass is 10.2. The third-order valence-electron chi connectivity index (χ3n) is 3.37. The van der Waals surface area contributed by atoms with Crippen LogP contribution in [0, 0.1) is 0 Å². The number of nitrogens with one attached hydrogen (secondary N) is 1. The summed E-state index contributed by atoms with van der Waals surface area (Å²) in [5.74, 6) is 0.637. The largest absolute Gasteiger partial charge is 0.352 e. The van der Waals surface area contributed by atoms with Crippen LogP contribution in [0.4, 0.5) is 0 Å². The number of aromatic nitrogens is 3. The lowest BCUT2D eigenvalue weighted by Gasteiger charge is -2.11. The van der Waals surface area contributed by atoms with Crippen molar-refractivity contribution in [2.75, 3.05) is 6.54 Å². The van der Waals surface area contributed by atoms with Crippen molar-refractivity contribution in [1.82, 2.24) is 19.7 Å². The third kappa shape index (κ3) is 2.65. The Labute approximate surface area is 129 Å². The Hall–Kier alpha value is -2.82. The van der Waals surface area contributed by atoms with Gasteiger partial charge in [0.1, 0.15) is 5.56 Å². The summed E-state index contributed by atoms with van der Waals surface area (Å²) in [6, 6.07) is 13.6. The van der Waals surface area contributed by atoms with E-state index in [2.05, 4.69) is 10.4 Å². The molecule has 1 amide bonds. The van der Waals surface area contributed by atoms with Crippen molar-refractivity contribution in [3.05, 3.63) is 66.6 Å². The highest BCUT2D eigenvalue weighted by atomic mass is 16.1. The van der Waals surface area contributed by atoms with E-state index in [4.69, 9.17) is 0 Å². The molecule has 0 aliphatic heterocycles. The topological polar surface area (TPSA) is 51.9 Å². The normalized spacial score (nSPS) is 10.6. The molecule has 2 aromatic heterocycles. The van der Waals surface area contributed by atoms with E-state index >= 15 is 0 Å². The molecule has 0 bridgehead atoms. The predicted octanol–water partition coefficient (Wildman–Crippen LogP) is 2.80. The lowest BCUT2D eigenvalue weighted by Crippen LogP contribution is -2.25. The summed E-state index contributed by atoms with van der Waals surface area (Å²) >= 11 is 0. The van der Waals surface area contributed by atoms with Gasteiger partial charge in [-0.2, -0.15) is 5.10 Å². The van der Waals surface area contributed by atoms with Gasteiger partial charge in [0.15, 0.2) is 5.82 Å². The molecule has 22 heavy (non-hydrogen) atoms. The van der Waals surface area contributed by atoms with Gasteiger partial charge in [0.2, 0.25) is 0 Å². The number of para-hydroxylation sites is 1. The van der Waals surface area contributed by atoms with Crippen molar-refractivity contribution < 1.29 is 4.79 Å². The molecule has 1 aromatic carbocycles. The maximum absolute atomic E-state index is 12.4. The fourth-order valence-electron chi connectivity index (χ4n) is 2.32. The molecule has 0 spiro atoms.